The summed E-state index contributed by atoms with van der Waals surface area (Å²) in [5.74, 6) is 0.347. The number of allylic oxidation sites excluding steroid dienone is 1. The van der Waals surface area contributed by atoms with E-state index in [1.807, 2.05) is 32.3 Å². The molecule has 1 aliphatic carbocycles. The van der Waals surface area contributed by atoms with E-state index >= 15 is 0 Å². The van der Waals surface area contributed by atoms with E-state index in [1.165, 1.54) is 0 Å². The van der Waals surface area contributed by atoms with Gasteiger partial charge in [0.1, 0.15) is 0 Å². The molecule has 1 aliphatic rings. The fourth-order valence-corrected chi connectivity index (χ4v) is 2.53. The number of nitrogens with zero attached hydrogens (tertiary/aromatic N) is 1. The van der Waals surface area contributed by atoms with Crippen LogP contribution in [-0.4, -0.2) is 35.3 Å². The average Bonchev–Trinajstić information content (AvgIpc) is 2.30. The minimum atomic E-state index is -0.540. The van der Waals surface area contributed by atoms with E-state index in [1.54, 1.807) is 0 Å². The second-order valence-electron chi connectivity index (χ2n) is 5.16. The van der Waals surface area contributed by atoms with Crippen LogP contribution in [-0.2, 0) is 6.54 Å². The van der Waals surface area contributed by atoms with Gasteiger partial charge in [0, 0.05) is 18.5 Å². The van der Waals surface area contributed by atoms with Crippen LogP contribution in [0.1, 0.15) is 30.4 Å². The smallest absolute Gasteiger partial charge is 0.0986 e. The van der Waals surface area contributed by atoms with Crippen LogP contribution >= 0.6 is 0 Å². The summed E-state index contributed by atoms with van der Waals surface area (Å²) in [4.78, 5) is 2.09. The minimum Gasteiger partial charge on any atom is -0.512 e. The second-order valence-corrected chi connectivity index (χ2v) is 5.16. The molecule has 0 saturated carbocycles. The van der Waals surface area contributed by atoms with Crippen molar-refractivity contribution in [3.8, 4) is 0 Å². The molecule has 0 spiro atoms. The minimum absolute atomic E-state index is 0.347. The van der Waals surface area contributed by atoms with Crippen LogP contribution in [0.25, 0.3) is 5.57 Å². The Hall–Kier alpha value is -1.32. The Balaban J connectivity index is 2.43. The summed E-state index contributed by atoms with van der Waals surface area (Å²) in [6, 6.07) is 7.99. The van der Waals surface area contributed by atoms with Gasteiger partial charge < -0.3 is 15.1 Å². The largest absolute Gasteiger partial charge is 0.512 e. The molecule has 2 rings (SSSR count). The SMILES string of the molecule is CN(C)Cc1ccccc1C1=C(O)CCCC1O. The van der Waals surface area contributed by atoms with E-state index in [4.69, 9.17) is 0 Å². The number of hydrogen-bond acceptors (Lipinski definition) is 3. The van der Waals surface area contributed by atoms with Crippen molar-refractivity contribution < 1.29 is 10.2 Å². The third kappa shape index (κ3) is 2.74. The van der Waals surface area contributed by atoms with Gasteiger partial charge in [0.25, 0.3) is 0 Å². The summed E-state index contributed by atoms with van der Waals surface area (Å²) in [7, 11) is 4.03. The van der Waals surface area contributed by atoms with Gasteiger partial charge in [-0.1, -0.05) is 24.3 Å². The molecule has 3 nitrogen and oxygen atoms in total. The lowest BCUT2D eigenvalue weighted by Crippen LogP contribution is -2.19. The zero-order valence-electron chi connectivity index (χ0n) is 11.1. The van der Waals surface area contributed by atoms with E-state index in [-0.39, 0.29) is 0 Å². The highest BCUT2D eigenvalue weighted by Crippen LogP contribution is 2.33. The molecule has 0 radical (unpaired) electrons. The molecule has 2 N–H and O–H groups in total. The maximum Gasteiger partial charge on any atom is 0.0986 e. The summed E-state index contributed by atoms with van der Waals surface area (Å²) in [6.45, 7) is 0.805. The molecule has 98 valence electrons. The molecule has 3 heteroatoms. The van der Waals surface area contributed by atoms with Crippen LogP contribution in [0.2, 0.25) is 0 Å². The maximum atomic E-state index is 10.1. The maximum absolute atomic E-state index is 10.1. The third-order valence-corrected chi connectivity index (χ3v) is 3.33. The number of rotatable bonds is 3. The lowest BCUT2D eigenvalue weighted by atomic mass is 9.87. The highest BCUT2D eigenvalue weighted by molar-refractivity contribution is 5.73. The molecule has 18 heavy (non-hydrogen) atoms. The quantitative estimate of drug-likeness (QED) is 0.862. The standard InChI is InChI=1S/C15H21NO2/c1-16(2)10-11-6-3-4-7-12(11)15-13(17)8-5-9-14(15)18/h3-4,6-7,13,17-18H,5,8-10H2,1-2H3. The number of aliphatic hydroxyl groups is 2. The summed E-state index contributed by atoms with van der Waals surface area (Å²) >= 11 is 0. The molecular formula is C15H21NO2. The van der Waals surface area contributed by atoms with E-state index in [9.17, 15) is 10.2 Å². The first-order chi connectivity index (χ1) is 8.59. The highest BCUT2D eigenvalue weighted by Gasteiger charge is 2.24. The van der Waals surface area contributed by atoms with Gasteiger partial charge in [-0.15, -0.1) is 0 Å². The molecule has 1 aromatic carbocycles. The van der Waals surface area contributed by atoms with Crippen LogP contribution in [0.15, 0.2) is 30.0 Å². The molecule has 0 fully saturated rings. The molecule has 0 aromatic heterocycles. The third-order valence-electron chi connectivity index (χ3n) is 3.33. The number of aliphatic hydroxyl groups excluding tert-OH is 2. The fourth-order valence-electron chi connectivity index (χ4n) is 2.53. The monoisotopic (exact) mass is 247 g/mol. The first-order valence-corrected chi connectivity index (χ1v) is 6.42. The van der Waals surface area contributed by atoms with Crippen molar-refractivity contribution >= 4 is 5.57 Å². The second kappa shape index (κ2) is 5.55. The van der Waals surface area contributed by atoms with Crippen LogP contribution < -0.4 is 0 Å². The Bertz CT molecular complexity index is 452. The van der Waals surface area contributed by atoms with Gasteiger partial charge in [-0.25, -0.2) is 0 Å². The Morgan fingerprint density at radius 2 is 2.00 bits per heavy atom. The van der Waals surface area contributed by atoms with Crippen molar-refractivity contribution in [1.82, 2.24) is 4.90 Å². The van der Waals surface area contributed by atoms with Gasteiger partial charge in [0.15, 0.2) is 0 Å². The van der Waals surface area contributed by atoms with Crippen LogP contribution in [0.3, 0.4) is 0 Å². The lowest BCUT2D eigenvalue weighted by molar-refractivity contribution is 0.200. The first-order valence-electron chi connectivity index (χ1n) is 6.42. The first kappa shape index (κ1) is 13.1. The van der Waals surface area contributed by atoms with Crippen molar-refractivity contribution in [2.75, 3.05) is 14.1 Å². The Morgan fingerprint density at radius 1 is 1.28 bits per heavy atom. The van der Waals surface area contributed by atoms with Crippen LogP contribution in [0.4, 0.5) is 0 Å². The van der Waals surface area contributed by atoms with Crippen molar-refractivity contribution in [2.24, 2.45) is 0 Å². The van der Waals surface area contributed by atoms with Crippen LogP contribution in [0, 0.1) is 0 Å². The lowest BCUT2D eigenvalue weighted by Gasteiger charge is -2.24. The van der Waals surface area contributed by atoms with Crippen molar-refractivity contribution in [1.29, 1.82) is 0 Å². The number of benzene rings is 1. The van der Waals surface area contributed by atoms with Crippen molar-refractivity contribution in [3.05, 3.63) is 41.2 Å². The molecule has 0 heterocycles. The summed E-state index contributed by atoms with van der Waals surface area (Å²) < 4.78 is 0. The van der Waals surface area contributed by atoms with Gasteiger partial charge in [0.2, 0.25) is 0 Å². The topological polar surface area (TPSA) is 43.7 Å². The van der Waals surface area contributed by atoms with Gasteiger partial charge in [-0.3, -0.25) is 0 Å². The molecule has 0 bridgehead atoms. The van der Waals surface area contributed by atoms with Crippen molar-refractivity contribution in [2.45, 2.75) is 31.9 Å². The predicted octanol–water partition coefficient (Wildman–Crippen LogP) is 2.56. The van der Waals surface area contributed by atoms with E-state index in [0.29, 0.717) is 12.2 Å². The zero-order valence-corrected chi connectivity index (χ0v) is 11.1. The highest BCUT2D eigenvalue weighted by atomic mass is 16.3. The average molecular weight is 247 g/mol. The van der Waals surface area contributed by atoms with E-state index in [2.05, 4.69) is 11.0 Å². The molecular weight excluding hydrogens is 226 g/mol. The normalized spacial score (nSPS) is 20.6. The predicted molar refractivity (Wildman–Crippen MR) is 73.2 cm³/mol. The fraction of sp³-hybridized carbons (Fsp3) is 0.467. The molecule has 1 atom stereocenters. The summed E-state index contributed by atoms with van der Waals surface area (Å²) in [5, 5.41) is 20.2. The van der Waals surface area contributed by atoms with Crippen LogP contribution in [0.5, 0.6) is 0 Å². The Labute approximate surface area is 108 Å². The van der Waals surface area contributed by atoms with Gasteiger partial charge in [-0.2, -0.15) is 0 Å². The van der Waals surface area contributed by atoms with Crippen molar-refractivity contribution in [3.63, 3.8) is 0 Å². The summed E-state index contributed by atoms with van der Waals surface area (Å²) in [5.41, 5.74) is 2.85. The molecule has 0 saturated heterocycles. The molecule has 0 aliphatic heterocycles. The molecule has 0 amide bonds. The van der Waals surface area contributed by atoms with Gasteiger partial charge in [0.05, 0.1) is 11.9 Å². The van der Waals surface area contributed by atoms with Gasteiger partial charge >= 0.3 is 0 Å². The molecule has 1 unspecified atom stereocenters. The van der Waals surface area contributed by atoms with E-state index < -0.39 is 6.10 Å². The number of hydrogen-bond donors (Lipinski definition) is 2. The van der Waals surface area contributed by atoms with E-state index in [0.717, 1.165) is 36.1 Å². The van der Waals surface area contributed by atoms with Gasteiger partial charge in [-0.05, 0) is 38.1 Å². The zero-order chi connectivity index (χ0) is 13.1. The summed E-state index contributed by atoms with van der Waals surface area (Å²) in [6.07, 6.45) is 1.71. The Kier molecular flexibility index (Phi) is 4.04. The molecule has 1 aromatic rings. The Morgan fingerprint density at radius 3 is 2.67 bits per heavy atom.